The molecule has 0 fully saturated rings. The summed E-state index contributed by atoms with van der Waals surface area (Å²) in [5, 5.41) is 3.07. The molecule has 0 aliphatic carbocycles. The Morgan fingerprint density at radius 2 is 1.40 bits per heavy atom. The fourth-order valence-electron chi connectivity index (χ4n) is 5.30. The standard InChI is InChI=1S/C37H43N3O4S/c1-6-31-20-13-14-23-33(31)40(45(43,44)32-21-11-8-12-22-32)27-35(41)39(26-30-19-15-16-28(2)24-30)34(36(42)38-37(3,4)5)25-29-17-9-7-10-18-29/h7-24,34H,6,25-27H2,1-5H3,(H,38,42)/t34-/m1/s1. The summed E-state index contributed by atoms with van der Waals surface area (Å²) in [5.41, 5.74) is 3.43. The second kappa shape index (κ2) is 14.6. The maximum Gasteiger partial charge on any atom is 0.264 e. The first-order valence-corrected chi connectivity index (χ1v) is 16.7. The Morgan fingerprint density at radius 1 is 0.800 bits per heavy atom. The monoisotopic (exact) mass is 625 g/mol. The van der Waals surface area contributed by atoms with Crippen LogP contribution in [0.5, 0.6) is 0 Å². The molecule has 8 heteroatoms. The third kappa shape index (κ3) is 8.82. The van der Waals surface area contributed by atoms with Crippen molar-refractivity contribution in [1.82, 2.24) is 10.2 Å². The van der Waals surface area contributed by atoms with E-state index in [9.17, 15) is 18.0 Å². The summed E-state index contributed by atoms with van der Waals surface area (Å²) in [6.45, 7) is 9.26. The lowest BCUT2D eigenvalue weighted by molar-refractivity contribution is -0.140. The Hall–Kier alpha value is -4.43. The topological polar surface area (TPSA) is 86.8 Å². The van der Waals surface area contributed by atoms with Crippen molar-refractivity contribution in [3.05, 3.63) is 131 Å². The fourth-order valence-corrected chi connectivity index (χ4v) is 6.77. The Morgan fingerprint density at radius 3 is 2.02 bits per heavy atom. The van der Waals surface area contributed by atoms with Crippen LogP contribution >= 0.6 is 0 Å². The van der Waals surface area contributed by atoms with E-state index >= 15 is 0 Å². The molecule has 0 radical (unpaired) electrons. The molecule has 0 heterocycles. The minimum Gasteiger partial charge on any atom is -0.350 e. The molecule has 0 unspecified atom stereocenters. The maximum absolute atomic E-state index is 14.6. The van der Waals surface area contributed by atoms with Crippen molar-refractivity contribution in [1.29, 1.82) is 0 Å². The van der Waals surface area contributed by atoms with Crippen LogP contribution in [0.4, 0.5) is 5.69 Å². The van der Waals surface area contributed by atoms with E-state index in [2.05, 4.69) is 5.32 Å². The van der Waals surface area contributed by atoms with Crippen LogP contribution in [0.3, 0.4) is 0 Å². The average Bonchev–Trinajstić information content (AvgIpc) is 3.01. The van der Waals surface area contributed by atoms with Gasteiger partial charge in [0.2, 0.25) is 11.8 Å². The van der Waals surface area contributed by atoms with Gasteiger partial charge in [-0.15, -0.1) is 0 Å². The van der Waals surface area contributed by atoms with Gasteiger partial charge in [0, 0.05) is 18.5 Å². The lowest BCUT2D eigenvalue weighted by atomic mass is 10.0. The molecule has 2 amide bonds. The normalized spacial score (nSPS) is 12.3. The molecule has 0 aliphatic heterocycles. The van der Waals surface area contributed by atoms with E-state index in [0.29, 0.717) is 12.1 Å². The van der Waals surface area contributed by atoms with Crippen LogP contribution in [0.2, 0.25) is 0 Å². The van der Waals surface area contributed by atoms with E-state index in [0.717, 1.165) is 22.3 Å². The molecule has 236 valence electrons. The Balaban J connectivity index is 1.84. The van der Waals surface area contributed by atoms with Gasteiger partial charge >= 0.3 is 0 Å². The van der Waals surface area contributed by atoms with Crippen LogP contribution in [0.15, 0.2) is 114 Å². The molecule has 0 saturated carbocycles. The van der Waals surface area contributed by atoms with Gasteiger partial charge < -0.3 is 10.2 Å². The minimum absolute atomic E-state index is 0.0836. The highest BCUT2D eigenvalue weighted by Crippen LogP contribution is 2.28. The first kappa shape index (κ1) is 33.5. The lowest BCUT2D eigenvalue weighted by Gasteiger charge is -2.35. The number of para-hydroxylation sites is 1. The number of nitrogens with zero attached hydrogens (tertiary/aromatic N) is 2. The summed E-state index contributed by atoms with van der Waals surface area (Å²) < 4.78 is 29.6. The Bertz CT molecular complexity index is 1700. The van der Waals surface area contributed by atoms with Gasteiger partial charge in [0.05, 0.1) is 10.6 Å². The molecule has 0 aromatic heterocycles. The highest BCUT2D eigenvalue weighted by Gasteiger charge is 2.36. The number of hydrogen-bond acceptors (Lipinski definition) is 4. The molecule has 1 atom stereocenters. The lowest BCUT2D eigenvalue weighted by Crippen LogP contribution is -2.56. The molecule has 0 aliphatic rings. The number of aryl methyl sites for hydroxylation is 2. The average molecular weight is 626 g/mol. The van der Waals surface area contributed by atoms with Crippen molar-refractivity contribution in [2.24, 2.45) is 0 Å². The second-order valence-corrected chi connectivity index (χ2v) is 14.1. The zero-order valence-electron chi connectivity index (χ0n) is 26.7. The van der Waals surface area contributed by atoms with Crippen molar-refractivity contribution in [3.63, 3.8) is 0 Å². The van der Waals surface area contributed by atoms with Crippen molar-refractivity contribution < 1.29 is 18.0 Å². The molecule has 1 N–H and O–H groups in total. The first-order valence-electron chi connectivity index (χ1n) is 15.3. The largest absolute Gasteiger partial charge is 0.350 e. The molecule has 4 rings (SSSR count). The van der Waals surface area contributed by atoms with Crippen molar-refractivity contribution in [2.75, 3.05) is 10.8 Å². The molecule has 7 nitrogen and oxygen atoms in total. The Labute approximate surface area is 268 Å². The number of anilines is 1. The molecule has 4 aromatic rings. The molecular formula is C37H43N3O4S. The molecule has 0 saturated heterocycles. The summed E-state index contributed by atoms with van der Waals surface area (Å²) in [6.07, 6.45) is 0.833. The number of carbonyl (C=O) groups is 2. The van der Waals surface area contributed by atoms with Gasteiger partial charge in [-0.1, -0.05) is 103 Å². The van der Waals surface area contributed by atoms with E-state index in [4.69, 9.17) is 0 Å². The van der Waals surface area contributed by atoms with Gasteiger partial charge in [0.15, 0.2) is 0 Å². The number of hydrogen-bond donors (Lipinski definition) is 1. The molecule has 0 bridgehead atoms. The number of sulfonamides is 1. The van der Waals surface area contributed by atoms with Gasteiger partial charge in [0.25, 0.3) is 10.0 Å². The SMILES string of the molecule is CCc1ccccc1N(CC(=O)N(Cc1cccc(C)c1)[C@H](Cc1ccccc1)C(=O)NC(C)(C)C)S(=O)(=O)c1ccccc1. The van der Waals surface area contributed by atoms with Crippen LogP contribution in [0.1, 0.15) is 49.9 Å². The predicted molar refractivity (Wildman–Crippen MR) is 180 cm³/mol. The van der Waals surface area contributed by atoms with Gasteiger partial charge in [-0.3, -0.25) is 13.9 Å². The third-order valence-electron chi connectivity index (χ3n) is 7.46. The van der Waals surface area contributed by atoms with Crippen LogP contribution in [-0.4, -0.2) is 43.3 Å². The van der Waals surface area contributed by atoms with Crippen LogP contribution in [-0.2, 0) is 39.0 Å². The van der Waals surface area contributed by atoms with Crippen LogP contribution in [0, 0.1) is 6.92 Å². The van der Waals surface area contributed by atoms with E-state index in [1.807, 2.05) is 101 Å². The maximum atomic E-state index is 14.6. The third-order valence-corrected chi connectivity index (χ3v) is 9.23. The molecule has 0 spiro atoms. The van der Waals surface area contributed by atoms with Gasteiger partial charge in [0.1, 0.15) is 12.6 Å². The Kier molecular flexibility index (Phi) is 10.8. The summed E-state index contributed by atoms with van der Waals surface area (Å²) >= 11 is 0. The number of amides is 2. The zero-order chi connectivity index (χ0) is 32.6. The number of nitrogens with one attached hydrogen (secondary N) is 1. The number of rotatable bonds is 12. The minimum atomic E-state index is -4.14. The highest BCUT2D eigenvalue weighted by atomic mass is 32.2. The summed E-state index contributed by atoms with van der Waals surface area (Å²) in [4.78, 5) is 30.3. The van der Waals surface area contributed by atoms with E-state index in [1.54, 1.807) is 30.3 Å². The highest BCUT2D eigenvalue weighted by molar-refractivity contribution is 7.92. The van der Waals surface area contributed by atoms with Gasteiger partial charge in [-0.25, -0.2) is 8.42 Å². The predicted octanol–water partition coefficient (Wildman–Crippen LogP) is 6.31. The van der Waals surface area contributed by atoms with E-state index < -0.39 is 34.1 Å². The zero-order valence-corrected chi connectivity index (χ0v) is 27.6. The van der Waals surface area contributed by atoms with Gasteiger partial charge in [-0.2, -0.15) is 0 Å². The van der Waals surface area contributed by atoms with Gasteiger partial charge in [-0.05, 0) is 69.0 Å². The quantitative estimate of drug-likeness (QED) is 0.200. The van der Waals surface area contributed by atoms with Crippen LogP contribution in [0.25, 0.3) is 0 Å². The molecular weight excluding hydrogens is 582 g/mol. The van der Waals surface area contributed by atoms with E-state index in [-0.39, 0.29) is 23.8 Å². The summed E-state index contributed by atoms with van der Waals surface area (Å²) in [6, 6.07) is 31.8. The number of carbonyl (C=O) groups excluding carboxylic acids is 2. The van der Waals surface area contributed by atoms with Crippen LogP contribution < -0.4 is 9.62 Å². The first-order chi connectivity index (χ1) is 21.4. The summed E-state index contributed by atoms with van der Waals surface area (Å²) in [7, 11) is -4.14. The smallest absolute Gasteiger partial charge is 0.264 e. The van der Waals surface area contributed by atoms with Crippen molar-refractivity contribution in [3.8, 4) is 0 Å². The summed E-state index contributed by atoms with van der Waals surface area (Å²) in [5.74, 6) is -0.786. The molecule has 45 heavy (non-hydrogen) atoms. The molecule has 4 aromatic carbocycles. The fraction of sp³-hybridized carbons (Fsp3) is 0.297. The number of benzene rings is 4. The van der Waals surface area contributed by atoms with E-state index in [1.165, 1.54) is 21.3 Å². The second-order valence-electron chi connectivity index (χ2n) is 12.3. The van der Waals surface area contributed by atoms with Crippen molar-refractivity contribution >= 4 is 27.5 Å². The van der Waals surface area contributed by atoms with Crippen molar-refractivity contribution in [2.45, 2.75) is 70.5 Å².